The van der Waals surface area contributed by atoms with Crippen molar-refractivity contribution in [2.45, 2.75) is 19.4 Å². The molecule has 2 N–H and O–H groups in total. The second-order valence-corrected chi connectivity index (χ2v) is 4.54. The predicted molar refractivity (Wildman–Crippen MR) is 77.7 cm³/mol. The lowest BCUT2D eigenvalue weighted by Crippen LogP contribution is -2.47. The molecule has 0 fully saturated rings. The topological polar surface area (TPSA) is 78.9 Å². The first-order chi connectivity index (χ1) is 10.1. The number of anilines is 1. The van der Waals surface area contributed by atoms with Crippen LogP contribution in [0.15, 0.2) is 18.2 Å². The normalized spacial score (nSPS) is 14.4. The fourth-order valence-electron chi connectivity index (χ4n) is 2.12. The largest absolute Gasteiger partial charge is 0.489 e. The van der Waals surface area contributed by atoms with E-state index in [9.17, 15) is 9.59 Å². The highest BCUT2D eigenvalue weighted by Crippen LogP contribution is 2.35. The maximum atomic E-state index is 12.3. The highest BCUT2D eigenvalue weighted by Gasteiger charge is 2.28. The Hall–Kier alpha value is -2.68. The summed E-state index contributed by atoms with van der Waals surface area (Å²) in [6, 6.07) is 3.96. The standard InChI is InChI=1S/C15H16N2O4/c1-3-10(4-2)16-15(20)17-8-9-21-13-11(14(18)19)6-5-7-12(13)17/h1,5-7,10H,4,8-9H2,2H3,(H,16,20)(H,18,19). The summed E-state index contributed by atoms with van der Waals surface area (Å²) in [7, 11) is 0. The number of nitrogens with zero attached hydrogens (tertiary/aromatic N) is 1. The van der Waals surface area contributed by atoms with E-state index in [-0.39, 0.29) is 30.0 Å². The van der Waals surface area contributed by atoms with E-state index in [0.717, 1.165) is 0 Å². The Balaban J connectivity index is 2.31. The van der Waals surface area contributed by atoms with Gasteiger partial charge in [-0.2, -0.15) is 0 Å². The Kier molecular flexibility index (Phi) is 4.33. The number of nitrogens with one attached hydrogen (secondary N) is 1. The number of terminal acetylenes is 1. The maximum absolute atomic E-state index is 12.3. The molecule has 0 aliphatic carbocycles. The van der Waals surface area contributed by atoms with Crippen molar-refractivity contribution in [3.05, 3.63) is 23.8 Å². The number of para-hydroxylation sites is 1. The van der Waals surface area contributed by atoms with Crippen molar-refractivity contribution in [3.8, 4) is 18.1 Å². The molecule has 0 bridgehead atoms. The van der Waals surface area contributed by atoms with Gasteiger partial charge in [-0.25, -0.2) is 9.59 Å². The molecule has 2 amide bonds. The minimum atomic E-state index is -1.09. The molecule has 1 atom stereocenters. The molecule has 0 saturated carbocycles. The molecular formula is C15H16N2O4. The number of aromatic carboxylic acids is 1. The van der Waals surface area contributed by atoms with Gasteiger partial charge in [-0.3, -0.25) is 4.90 Å². The molecule has 0 saturated heterocycles. The predicted octanol–water partition coefficient (Wildman–Crippen LogP) is 1.71. The number of fused-ring (bicyclic) bond motifs is 1. The van der Waals surface area contributed by atoms with Crippen LogP contribution in [0.4, 0.5) is 10.5 Å². The van der Waals surface area contributed by atoms with Gasteiger partial charge in [0.2, 0.25) is 0 Å². The molecule has 6 heteroatoms. The van der Waals surface area contributed by atoms with Crippen LogP contribution in [-0.2, 0) is 0 Å². The van der Waals surface area contributed by atoms with Gasteiger partial charge in [0.15, 0.2) is 5.75 Å². The summed E-state index contributed by atoms with van der Waals surface area (Å²) in [5.74, 6) is 1.61. The molecule has 1 aliphatic rings. The molecule has 1 unspecified atom stereocenters. The van der Waals surface area contributed by atoms with Crippen molar-refractivity contribution in [2.24, 2.45) is 0 Å². The molecule has 110 valence electrons. The number of rotatable bonds is 3. The summed E-state index contributed by atoms with van der Waals surface area (Å²) in [5.41, 5.74) is 0.472. The van der Waals surface area contributed by atoms with Gasteiger partial charge >= 0.3 is 12.0 Å². The second-order valence-electron chi connectivity index (χ2n) is 4.54. The number of carboxylic acid groups (broad SMARTS) is 1. The smallest absolute Gasteiger partial charge is 0.339 e. The Morgan fingerprint density at radius 1 is 1.57 bits per heavy atom. The third kappa shape index (κ3) is 2.92. The van der Waals surface area contributed by atoms with E-state index in [2.05, 4.69) is 11.2 Å². The maximum Gasteiger partial charge on any atom is 0.339 e. The quantitative estimate of drug-likeness (QED) is 0.830. The monoisotopic (exact) mass is 288 g/mol. The van der Waals surface area contributed by atoms with Crippen LogP contribution in [0.25, 0.3) is 0 Å². The minimum absolute atomic E-state index is 0.0361. The Morgan fingerprint density at radius 2 is 2.33 bits per heavy atom. The highest BCUT2D eigenvalue weighted by molar-refractivity contribution is 5.99. The number of hydrogen-bond donors (Lipinski definition) is 2. The third-order valence-electron chi connectivity index (χ3n) is 3.23. The van der Waals surface area contributed by atoms with Crippen LogP contribution < -0.4 is 15.0 Å². The van der Waals surface area contributed by atoms with Gasteiger partial charge in [0.25, 0.3) is 0 Å². The van der Waals surface area contributed by atoms with Crippen LogP contribution in [0.3, 0.4) is 0 Å². The van der Waals surface area contributed by atoms with Gasteiger partial charge in [0.05, 0.1) is 18.3 Å². The van der Waals surface area contributed by atoms with Crippen molar-refractivity contribution in [2.75, 3.05) is 18.1 Å². The summed E-state index contributed by atoms with van der Waals surface area (Å²) in [6.45, 7) is 2.45. The first kappa shape index (κ1) is 14.7. The number of carbonyl (C=O) groups is 2. The summed E-state index contributed by atoms with van der Waals surface area (Å²) in [6.07, 6.45) is 5.95. The molecule has 6 nitrogen and oxygen atoms in total. The van der Waals surface area contributed by atoms with E-state index in [4.69, 9.17) is 16.3 Å². The SMILES string of the molecule is C#CC(CC)NC(=O)N1CCOc2c(C(=O)O)cccc21. The van der Waals surface area contributed by atoms with E-state index in [0.29, 0.717) is 18.7 Å². The molecule has 0 aromatic heterocycles. The molecular weight excluding hydrogens is 272 g/mol. The lowest BCUT2D eigenvalue weighted by atomic mass is 10.1. The van der Waals surface area contributed by atoms with E-state index in [1.807, 2.05) is 6.92 Å². The Labute approximate surface area is 122 Å². The van der Waals surface area contributed by atoms with Crippen molar-refractivity contribution < 1.29 is 19.4 Å². The van der Waals surface area contributed by atoms with E-state index < -0.39 is 5.97 Å². The van der Waals surface area contributed by atoms with Gasteiger partial charge in [-0.1, -0.05) is 18.9 Å². The van der Waals surface area contributed by atoms with Crippen LogP contribution in [0.5, 0.6) is 5.75 Å². The molecule has 2 rings (SSSR count). The number of urea groups is 1. The number of benzene rings is 1. The second kappa shape index (κ2) is 6.18. The van der Waals surface area contributed by atoms with E-state index in [1.54, 1.807) is 12.1 Å². The van der Waals surface area contributed by atoms with E-state index >= 15 is 0 Å². The van der Waals surface area contributed by atoms with Crippen LogP contribution in [0.2, 0.25) is 0 Å². The number of carboxylic acids is 1. The third-order valence-corrected chi connectivity index (χ3v) is 3.23. The first-order valence-corrected chi connectivity index (χ1v) is 6.61. The summed E-state index contributed by atoms with van der Waals surface area (Å²) < 4.78 is 5.41. The van der Waals surface area contributed by atoms with Crippen molar-refractivity contribution >= 4 is 17.7 Å². The first-order valence-electron chi connectivity index (χ1n) is 6.61. The molecule has 1 aromatic carbocycles. The van der Waals surface area contributed by atoms with Crippen LogP contribution in [0.1, 0.15) is 23.7 Å². The lowest BCUT2D eigenvalue weighted by molar-refractivity contribution is 0.0692. The van der Waals surface area contributed by atoms with Crippen molar-refractivity contribution in [1.29, 1.82) is 0 Å². The zero-order valence-electron chi connectivity index (χ0n) is 11.6. The average Bonchev–Trinajstić information content (AvgIpc) is 2.50. The molecule has 1 aromatic rings. The number of amides is 2. The summed E-state index contributed by atoms with van der Waals surface area (Å²) in [4.78, 5) is 24.9. The van der Waals surface area contributed by atoms with Gasteiger partial charge in [-0.05, 0) is 18.6 Å². The minimum Gasteiger partial charge on any atom is -0.489 e. The molecule has 1 aliphatic heterocycles. The highest BCUT2D eigenvalue weighted by atomic mass is 16.5. The van der Waals surface area contributed by atoms with Gasteiger partial charge < -0.3 is 15.2 Å². The summed E-state index contributed by atoms with van der Waals surface area (Å²) >= 11 is 0. The Morgan fingerprint density at radius 3 is 2.95 bits per heavy atom. The molecule has 21 heavy (non-hydrogen) atoms. The van der Waals surface area contributed by atoms with Crippen molar-refractivity contribution in [3.63, 3.8) is 0 Å². The zero-order chi connectivity index (χ0) is 15.4. The Bertz CT molecular complexity index is 606. The van der Waals surface area contributed by atoms with E-state index in [1.165, 1.54) is 11.0 Å². The zero-order valence-corrected chi connectivity index (χ0v) is 11.6. The number of ether oxygens (including phenoxy) is 1. The number of hydrogen-bond acceptors (Lipinski definition) is 3. The van der Waals surface area contributed by atoms with Gasteiger partial charge in [0.1, 0.15) is 12.2 Å². The average molecular weight is 288 g/mol. The van der Waals surface area contributed by atoms with Crippen molar-refractivity contribution in [1.82, 2.24) is 5.32 Å². The fourth-order valence-corrected chi connectivity index (χ4v) is 2.12. The van der Waals surface area contributed by atoms with Crippen LogP contribution >= 0.6 is 0 Å². The fraction of sp³-hybridized carbons (Fsp3) is 0.333. The molecule has 0 radical (unpaired) electrons. The lowest BCUT2D eigenvalue weighted by Gasteiger charge is -2.31. The van der Waals surface area contributed by atoms with Gasteiger partial charge in [-0.15, -0.1) is 6.42 Å². The molecule has 1 heterocycles. The summed E-state index contributed by atoms with van der Waals surface area (Å²) in [5, 5.41) is 11.9. The van der Waals surface area contributed by atoms with Crippen LogP contribution in [-0.4, -0.2) is 36.3 Å². The number of carbonyl (C=O) groups excluding carboxylic acids is 1. The molecule has 0 spiro atoms. The van der Waals surface area contributed by atoms with Crippen LogP contribution in [0, 0.1) is 12.3 Å². The van der Waals surface area contributed by atoms with Gasteiger partial charge in [0, 0.05) is 0 Å².